The highest BCUT2D eigenvalue weighted by molar-refractivity contribution is 7.25. The molecule has 0 fully saturated rings. The van der Waals surface area contributed by atoms with E-state index in [2.05, 4.69) is 176 Å². The van der Waals surface area contributed by atoms with Gasteiger partial charge in [-0.15, -0.1) is 11.3 Å². The van der Waals surface area contributed by atoms with Gasteiger partial charge in [-0.25, -0.2) is 0 Å². The summed E-state index contributed by atoms with van der Waals surface area (Å²) in [4.78, 5) is 0. The van der Waals surface area contributed by atoms with Crippen molar-refractivity contribution in [3.8, 4) is 16.8 Å². The fourth-order valence-electron chi connectivity index (χ4n) is 11.8. The van der Waals surface area contributed by atoms with Crippen molar-refractivity contribution in [3.63, 3.8) is 0 Å². The molecule has 0 saturated carbocycles. The smallest absolute Gasteiger partial charge is 0.179 e. The number of para-hydroxylation sites is 1. The molecule has 0 aliphatic heterocycles. The van der Waals surface area contributed by atoms with E-state index >= 15 is 0 Å². The molecule has 1 nitrogen and oxygen atoms in total. The number of fused-ring (bicyclic) bond motifs is 6. The van der Waals surface area contributed by atoms with Crippen LogP contribution in [0.5, 0.6) is 0 Å². The van der Waals surface area contributed by atoms with Gasteiger partial charge in [0.05, 0.1) is 23.6 Å². The molecule has 2 aromatic heterocycles. The molecule has 66 heavy (non-hydrogen) atoms. The van der Waals surface area contributed by atoms with E-state index in [0.717, 1.165) is 43.4 Å². The molecule has 0 N–H and O–H groups in total. The zero-order valence-electron chi connectivity index (χ0n) is 41.3. The number of hydrogen-bond acceptors (Lipinski definition) is 1. The maximum absolute atomic E-state index is 9.82. The first-order chi connectivity index (χ1) is 34.7. The molecule has 14 rings (SSSR count). The Morgan fingerprint density at radius 3 is 1.88 bits per heavy atom. The minimum atomic E-state index is -3.87. The molecule has 11 aromatic rings. The SMILES string of the molecule is [2H]c1c([2H])c([2H])c([Si](/C(=C/C=C)C2=C(C)C3c4ccccc4C2c2c3cccc2-n2c3ccccc3c3cc(-c4ccc5sc6ccccc6c5c4)ccc32)(c2ccccc2)c2ccccc2)c([2H])c1[2H]. The maximum atomic E-state index is 9.82. The quantitative estimate of drug-likeness (QED) is 0.0814. The molecule has 3 aliphatic rings. The molecule has 9 aromatic carbocycles. The standard InChI is InChI=1S/C63H45NSSi/c1-3-20-59(66(44-21-7-4-8-22-44,45-23-9-5-10-24-45)46-25-11-6-12-26-46)61-41(2)60-49-29-13-14-30-50(49)63(61)62-51(60)31-19-33-56(62)64-54-32-17-15-27-47(54)52-39-42(35-37-55(52)64)43-36-38-58-53(40-43)48-28-16-18-34-57(48)65-58/h3-40,60,63H,1H2,2H3/b59-20+/i4D,7D,8D,21D,22D. The van der Waals surface area contributed by atoms with Crippen LogP contribution in [0.1, 0.15) is 47.9 Å². The van der Waals surface area contributed by atoms with E-state index in [1.54, 1.807) is 0 Å². The van der Waals surface area contributed by atoms with Crippen molar-refractivity contribution in [1.29, 1.82) is 0 Å². The topological polar surface area (TPSA) is 4.93 Å². The van der Waals surface area contributed by atoms with Crippen LogP contribution in [-0.2, 0) is 0 Å². The third kappa shape index (κ3) is 5.57. The van der Waals surface area contributed by atoms with Crippen molar-refractivity contribution < 1.29 is 6.85 Å². The lowest BCUT2D eigenvalue weighted by atomic mass is 9.60. The Morgan fingerprint density at radius 2 is 1.14 bits per heavy atom. The van der Waals surface area contributed by atoms with Gasteiger partial charge in [-0.3, -0.25) is 0 Å². The van der Waals surface area contributed by atoms with Gasteiger partial charge in [-0.2, -0.15) is 0 Å². The highest BCUT2D eigenvalue weighted by Gasteiger charge is 2.51. The van der Waals surface area contributed by atoms with Gasteiger partial charge in [-0.1, -0.05) is 200 Å². The summed E-state index contributed by atoms with van der Waals surface area (Å²) in [5, 5.41) is 8.04. The predicted octanol–water partition coefficient (Wildman–Crippen LogP) is 14.5. The lowest BCUT2D eigenvalue weighted by Gasteiger charge is -2.48. The Kier molecular flexibility index (Phi) is 7.84. The lowest BCUT2D eigenvalue weighted by molar-refractivity contribution is 0.734. The van der Waals surface area contributed by atoms with Gasteiger partial charge < -0.3 is 4.57 Å². The largest absolute Gasteiger partial charge is 0.309 e. The van der Waals surface area contributed by atoms with Crippen LogP contribution in [0.15, 0.2) is 253 Å². The van der Waals surface area contributed by atoms with Crippen molar-refractivity contribution in [2.75, 3.05) is 0 Å². The summed E-state index contributed by atoms with van der Waals surface area (Å²) >= 11 is 1.84. The Hall–Kier alpha value is -7.56. The van der Waals surface area contributed by atoms with E-state index < -0.39 is 14.1 Å². The van der Waals surface area contributed by atoms with Crippen LogP contribution in [0.2, 0.25) is 0 Å². The summed E-state index contributed by atoms with van der Waals surface area (Å²) in [5.74, 6) is -0.407. The second-order valence-electron chi connectivity index (χ2n) is 17.6. The van der Waals surface area contributed by atoms with Crippen LogP contribution in [0.25, 0.3) is 58.8 Å². The van der Waals surface area contributed by atoms with E-state index in [-0.39, 0.29) is 36.0 Å². The third-order valence-electron chi connectivity index (χ3n) is 14.4. The first-order valence-corrected chi connectivity index (χ1v) is 25.4. The molecule has 2 atom stereocenters. The molecular weight excluding hydrogens is 831 g/mol. The van der Waals surface area contributed by atoms with Crippen LogP contribution in [0.3, 0.4) is 0 Å². The van der Waals surface area contributed by atoms with Crippen molar-refractivity contribution >= 4 is 76.9 Å². The monoisotopic (exact) mass is 880 g/mol. The van der Waals surface area contributed by atoms with Crippen LogP contribution in [-0.4, -0.2) is 12.6 Å². The lowest BCUT2D eigenvalue weighted by Crippen LogP contribution is -2.69. The Labute approximate surface area is 397 Å². The van der Waals surface area contributed by atoms with Gasteiger partial charge in [0, 0.05) is 42.8 Å². The fraction of sp³-hybridized carbons (Fsp3) is 0.0476. The molecule has 3 heteroatoms. The minimum absolute atomic E-state index is 0.115. The highest BCUT2D eigenvalue weighted by atomic mass is 32.1. The normalized spacial score (nSPS) is 16.8. The Balaban J connectivity index is 1.09. The number of allylic oxidation sites excluding steroid dienone is 5. The van der Waals surface area contributed by atoms with E-state index in [0.29, 0.717) is 5.19 Å². The van der Waals surface area contributed by atoms with Gasteiger partial charge in [-0.05, 0) is 109 Å². The predicted molar refractivity (Wildman–Crippen MR) is 284 cm³/mol. The molecule has 0 amide bonds. The summed E-state index contributed by atoms with van der Waals surface area (Å²) < 4.78 is 51.8. The molecular formula is C63H45NSSi. The van der Waals surface area contributed by atoms with Crippen LogP contribution in [0, 0.1) is 0 Å². The summed E-state index contributed by atoms with van der Waals surface area (Å²) in [6, 6.07) is 65.7. The molecule has 0 saturated heterocycles. The molecule has 0 spiro atoms. The fourth-order valence-corrected chi connectivity index (χ4v) is 17.7. The Morgan fingerprint density at radius 1 is 0.545 bits per heavy atom. The zero-order chi connectivity index (χ0) is 48.3. The molecule has 3 aliphatic carbocycles. The molecule has 0 radical (unpaired) electrons. The van der Waals surface area contributed by atoms with Crippen LogP contribution >= 0.6 is 11.3 Å². The molecule has 2 unspecified atom stereocenters. The molecule has 2 bridgehead atoms. The Bertz CT molecular complexity index is 4040. The van der Waals surface area contributed by atoms with Crippen LogP contribution < -0.4 is 15.6 Å². The van der Waals surface area contributed by atoms with Gasteiger partial charge in [0.1, 0.15) is 0 Å². The first-order valence-electron chi connectivity index (χ1n) is 25.1. The third-order valence-corrected chi connectivity index (χ3v) is 20.2. The van der Waals surface area contributed by atoms with Gasteiger partial charge in [0.2, 0.25) is 0 Å². The number of thiophene rings is 1. The van der Waals surface area contributed by atoms with Gasteiger partial charge in [0.15, 0.2) is 8.07 Å². The van der Waals surface area contributed by atoms with Gasteiger partial charge in [0.25, 0.3) is 0 Å². The average molecular weight is 881 g/mol. The average Bonchev–Trinajstić information content (AvgIpc) is 3.96. The summed E-state index contributed by atoms with van der Waals surface area (Å²) in [6.45, 7) is 6.62. The van der Waals surface area contributed by atoms with Crippen molar-refractivity contribution in [1.82, 2.24) is 4.57 Å². The number of aromatic nitrogens is 1. The zero-order valence-corrected chi connectivity index (χ0v) is 38.1. The van der Waals surface area contributed by atoms with Gasteiger partial charge >= 0.3 is 0 Å². The summed E-state index contributed by atoms with van der Waals surface area (Å²) in [6.07, 6.45) is 3.94. The number of benzene rings is 9. The van der Waals surface area contributed by atoms with E-state index in [9.17, 15) is 5.48 Å². The van der Waals surface area contributed by atoms with Crippen LogP contribution in [0.4, 0.5) is 0 Å². The second-order valence-corrected chi connectivity index (χ2v) is 22.3. The first kappa shape index (κ1) is 33.9. The number of hydrogen-bond donors (Lipinski definition) is 0. The van der Waals surface area contributed by atoms with E-state index in [1.807, 2.05) is 53.8 Å². The van der Waals surface area contributed by atoms with E-state index in [1.165, 1.54) is 64.3 Å². The molecule has 312 valence electrons. The molecule has 2 heterocycles. The second kappa shape index (κ2) is 15.3. The summed E-state index contributed by atoms with van der Waals surface area (Å²) in [5.41, 5.74) is 12.9. The van der Waals surface area contributed by atoms with E-state index in [4.69, 9.17) is 1.37 Å². The van der Waals surface area contributed by atoms with Crippen molar-refractivity contribution in [3.05, 3.63) is 276 Å². The maximum Gasteiger partial charge on any atom is 0.179 e. The number of nitrogens with zero attached hydrogens (tertiary/aromatic N) is 1. The minimum Gasteiger partial charge on any atom is -0.309 e. The number of rotatable bonds is 8. The summed E-state index contributed by atoms with van der Waals surface area (Å²) in [7, 11) is -3.87. The van der Waals surface area contributed by atoms with Crippen molar-refractivity contribution in [2.24, 2.45) is 0 Å². The highest BCUT2D eigenvalue weighted by Crippen LogP contribution is 2.59. The van der Waals surface area contributed by atoms with Crippen molar-refractivity contribution in [2.45, 2.75) is 18.8 Å².